The first-order valence-corrected chi connectivity index (χ1v) is 5.54. The molecule has 1 heterocycles. The van der Waals surface area contributed by atoms with Crippen LogP contribution in [-0.4, -0.2) is 18.2 Å². The fraction of sp³-hybridized carbons (Fsp3) is 0.462. The average Bonchev–Trinajstić information content (AvgIpc) is 2.61. The van der Waals surface area contributed by atoms with E-state index >= 15 is 0 Å². The molecule has 4 heteroatoms. The minimum atomic E-state index is -0.514. The molecule has 1 aromatic carbocycles. The van der Waals surface area contributed by atoms with E-state index in [1.165, 1.54) is 0 Å². The van der Waals surface area contributed by atoms with Crippen molar-refractivity contribution in [1.29, 1.82) is 0 Å². The van der Waals surface area contributed by atoms with Crippen LogP contribution in [0.2, 0.25) is 0 Å². The van der Waals surface area contributed by atoms with Gasteiger partial charge in [0.25, 0.3) is 0 Å². The highest BCUT2D eigenvalue weighted by molar-refractivity contribution is 5.76. The Morgan fingerprint density at radius 1 is 1.35 bits per heavy atom. The summed E-state index contributed by atoms with van der Waals surface area (Å²) >= 11 is 0. The monoisotopic (exact) mass is 236 g/mol. The maximum atomic E-state index is 11.1. The van der Waals surface area contributed by atoms with E-state index in [0.717, 1.165) is 5.75 Å². The van der Waals surface area contributed by atoms with Crippen molar-refractivity contribution in [2.24, 2.45) is 0 Å². The molecule has 17 heavy (non-hydrogen) atoms. The lowest BCUT2D eigenvalue weighted by molar-refractivity contribution is -0.120. The molecule has 0 amide bonds. The number of carbonyl (C=O) groups is 1. The molecule has 0 saturated heterocycles. The molecule has 0 fully saturated rings. The zero-order chi connectivity index (χ0) is 12.5. The van der Waals surface area contributed by atoms with Crippen molar-refractivity contribution >= 4 is 5.78 Å². The number of Topliss-reactive ketones (excluding diaryl/α,β-unsaturated/α-hetero) is 1. The van der Waals surface area contributed by atoms with Gasteiger partial charge in [-0.3, -0.25) is 4.79 Å². The molecule has 1 aromatic rings. The maximum Gasteiger partial charge on any atom is 0.231 e. The van der Waals surface area contributed by atoms with Gasteiger partial charge in [-0.15, -0.1) is 0 Å². The molecule has 0 saturated carbocycles. The molecule has 0 unspecified atom stereocenters. The second-order valence-electron chi connectivity index (χ2n) is 4.76. The van der Waals surface area contributed by atoms with Gasteiger partial charge in [0.15, 0.2) is 11.5 Å². The predicted molar refractivity (Wildman–Crippen MR) is 62.6 cm³/mol. The Bertz CT molecular complexity index is 437. The normalized spacial score (nSPS) is 13.6. The van der Waals surface area contributed by atoms with Gasteiger partial charge < -0.3 is 14.2 Å². The maximum absolute atomic E-state index is 11.1. The van der Waals surface area contributed by atoms with Gasteiger partial charge in [-0.05, 0) is 32.9 Å². The Hall–Kier alpha value is -1.71. The summed E-state index contributed by atoms with van der Waals surface area (Å²) in [4.78, 5) is 11.1. The number of rotatable bonds is 4. The van der Waals surface area contributed by atoms with E-state index in [4.69, 9.17) is 14.2 Å². The van der Waals surface area contributed by atoms with E-state index in [9.17, 15) is 4.79 Å². The van der Waals surface area contributed by atoms with Crippen molar-refractivity contribution in [2.45, 2.75) is 32.8 Å². The van der Waals surface area contributed by atoms with Crippen molar-refractivity contribution < 1.29 is 19.0 Å². The van der Waals surface area contributed by atoms with Crippen LogP contribution >= 0.6 is 0 Å². The van der Waals surface area contributed by atoms with Crippen LogP contribution in [0.15, 0.2) is 18.2 Å². The zero-order valence-electron chi connectivity index (χ0n) is 10.3. The van der Waals surface area contributed by atoms with Gasteiger partial charge in [0.2, 0.25) is 6.79 Å². The lowest BCUT2D eigenvalue weighted by atomic mass is 10.0. The number of hydrogen-bond donors (Lipinski definition) is 0. The van der Waals surface area contributed by atoms with Gasteiger partial charge >= 0.3 is 0 Å². The van der Waals surface area contributed by atoms with Crippen molar-refractivity contribution in [1.82, 2.24) is 0 Å². The van der Waals surface area contributed by atoms with Gasteiger partial charge in [0, 0.05) is 12.5 Å². The van der Waals surface area contributed by atoms with Gasteiger partial charge in [0.1, 0.15) is 17.1 Å². The molecular weight excluding hydrogens is 220 g/mol. The Balaban J connectivity index is 2.11. The number of ketones is 1. The molecule has 1 aliphatic heterocycles. The minimum absolute atomic E-state index is 0.107. The van der Waals surface area contributed by atoms with Crippen molar-refractivity contribution in [3.05, 3.63) is 18.2 Å². The average molecular weight is 236 g/mol. The number of benzene rings is 1. The lowest BCUT2D eigenvalue weighted by Crippen LogP contribution is -2.30. The lowest BCUT2D eigenvalue weighted by Gasteiger charge is -2.25. The fourth-order valence-electron chi connectivity index (χ4n) is 1.89. The smallest absolute Gasteiger partial charge is 0.231 e. The largest absolute Gasteiger partial charge is 0.487 e. The molecule has 92 valence electrons. The highest BCUT2D eigenvalue weighted by atomic mass is 16.7. The van der Waals surface area contributed by atoms with E-state index < -0.39 is 5.60 Å². The van der Waals surface area contributed by atoms with Crippen molar-refractivity contribution in [2.75, 3.05) is 6.79 Å². The van der Waals surface area contributed by atoms with Gasteiger partial charge in [-0.25, -0.2) is 0 Å². The number of carbonyl (C=O) groups excluding carboxylic acids is 1. The molecule has 1 aliphatic rings. The summed E-state index contributed by atoms with van der Waals surface area (Å²) < 4.78 is 16.3. The molecule has 4 nitrogen and oxygen atoms in total. The highest BCUT2D eigenvalue weighted by Crippen LogP contribution is 2.36. The Morgan fingerprint density at radius 3 is 2.76 bits per heavy atom. The summed E-state index contributed by atoms with van der Waals surface area (Å²) in [6.07, 6.45) is 0.376. The molecule has 0 bridgehead atoms. The first-order valence-electron chi connectivity index (χ1n) is 5.54. The van der Waals surface area contributed by atoms with Crippen LogP contribution in [0.5, 0.6) is 17.2 Å². The molecule has 2 rings (SSSR count). The van der Waals surface area contributed by atoms with Crippen molar-refractivity contribution in [3.8, 4) is 17.2 Å². The number of fused-ring (bicyclic) bond motifs is 1. The van der Waals surface area contributed by atoms with Crippen LogP contribution in [0.25, 0.3) is 0 Å². The fourth-order valence-corrected chi connectivity index (χ4v) is 1.89. The van der Waals surface area contributed by atoms with E-state index in [1.54, 1.807) is 13.0 Å². The molecular formula is C13H16O4. The van der Waals surface area contributed by atoms with E-state index in [-0.39, 0.29) is 12.6 Å². The molecule has 0 spiro atoms. The number of ether oxygens (including phenoxy) is 3. The molecule has 0 radical (unpaired) electrons. The Kier molecular flexibility index (Phi) is 2.96. The first-order chi connectivity index (χ1) is 7.96. The predicted octanol–water partition coefficient (Wildman–Crippen LogP) is 2.55. The van der Waals surface area contributed by atoms with E-state index in [1.807, 2.05) is 26.0 Å². The van der Waals surface area contributed by atoms with Crippen LogP contribution in [0.1, 0.15) is 27.2 Å². The van der Waals surface area contributed by atoms with Crippen LogP contribution < -0.4 is 14.2 Å². The second kappa shape index (κ2) is 4.28. The van der Waals surface area contributed by atoms with Gasteiger partial charge in [-0.1, -0.05) is 0 Å². The second-order valence-corrected chi connectivity index (χ2v) is 4.76. The standard InChI is InChI=1S/C13H16O4/c1-9(14)7-13(2,3)17-10-4-5-11-12(6-10)16-8-15-11/h4-6H,7-8H2,1-3H3. The third-order valence-corrected chi connectivity index (χ3v) is 2.41. The SMILES string of the molecule is CC(=O)CC(C)(C)Oc1ccc2c(c1)OCO2. The minimum Gasteiger partial charge on any atom is -0.487 e. The molecule has 0 aromatic heterocycles. The summed E-state index contributed by atoms with van der Waals surface area (Å²) in [6, 6.07) is 5.40. The molecule has 0 atom stereocenters. The van der Waals surface area contributed by atoms with E-state index in [0.29, 0.717) is 17.9 Å². The first kappa shape index (κ1) is 11.8. The van der Waals surface area contributed by atoms with Crippen LogP contribution in [-0.2, 0) is 4.79 Å². The quantitative estimate of drug-likeness (QED) is 0.805. The summed E-state index contributed by atoms with van der Waals surface area (Å²) in [7, 11) is 0. The van der Waals surface area contributed by atoms with E-state index in [2.05, 4.69) is 0 Å². The zero-order valence-corrected chi connectivity index (χ0v) is 10.3. The van der Waals surface area contributed by atoms with Crippen LogP contribution in [0, 0.1) is 0 Å². The van der Waals surface area contributed by atoms with Crippen molar-refractivity contribution in [3.63, 3.8) is 0 Å². The Labute approximate surface area is 100 Å². The van der Waals surface area contributed by atoms with Gasteiger partial charge in [-0.2, -0.15) is 0 Å². The topological polar surface area (TPSA) is 44.8 Å². The van der Waals surface area contributed by atoms with Gasteiger partial charge in [0.05, 0.1) is 0 Å². The van der Waals surface area contributed by atoms with Crippen LogP contribution in [0.3, 0.4) is 0 Å². The highest BCUT2D eigenvalue weighted by Gasteiger charge is 2.23. The number of hydrogen-bond acceptors (Lipinski definition) is 4. The third-order valence-electron chi connectivity index (χ3n) is 2.41. The summed E-state index contributed by atoms with van der Waals surface area (Å²) in [5, 5.41) is 0. The molecule has 0 N–H and O–H groups in total. The third kappa shape index (κ3) is 2.90. The summed E-state index contributed by atoms with van der Waals surface area (Å²) in [5.74, 6) is 2.19. The summed E-state index contributed by atoms with van der Waals surface area (Å²) in [5.41, 5.74) is -0.514. The Morgan fingerprint density at radius 2 is 2.06 bits per heavy atom. The molecule has 0 aliphatic carbocycles. The summed E-state index contributed by atoms with van der Waals surface area (Å²) in [6.45, 7) is 5.58. The van der Waals surface area contributed by atoms with Crippen LogP contribution in [0.4, 0.5) is 0 Å².